The van der Waals surface area contributed by atoms with Gasteiger partial charge in [-0.15, -0.1) is 0 Å². The zero-order chi connectivity index (χ0) is 32.4. The van der Waals surface area contributed by atoms with Crippen molar-refractivity contribution in [2.75, 3.05) is 37.9 Å². The van der Waals surface area contributed by atoms with Gasteiger partial charge in [-0.25, -0.2) is 22.9 Å². The summed E-state index contributed by atoms with van der Waals surface area (Å²) in [6, 6.07) is 8.88. The summed E-state index contributed by atoms with van der Waals surface area (Å²) in [7, 11) is 0. The second-order valence-corrected chi connectivity index (χ2v) is 10.5. The molecular formula is C30H43F3N6O3S. The molecule has 1 aliphatic rings. The normalized spacial score (nSPS) is 11.9. The molecule has 0 aliphatic carbocycles. The lowest BCUT2D eigenvalue weighted by Gasteiger charge is -2.16. The number of halogens is 3. The molecule has 238 valence electrons. The van der Waals surface area contributed by atoms with Crippen molar-refractivity contribution in [3.63, 3.8) is 0 Å². The highest BCUT2D eigenvalue weighted by atomic mass is 32.2. The van der Waals surface area contributed by atoms with Crippen LogP contribution in [-0.2, 0) is 5.75 Å². The standard InChI is InChI=1S/C21H19F2N3O2S.C4H9F.C3H9N3O.C2H6/c1-29-12-13-7-20-25-19-10-16(17(23)11-24-19)15-4-3-14(22)9-18(15)27-5-2-6-28-21(8-13)26-20;1-4(2,3)5;4-1-2-6-3(5)7;1-2/h3-4,7-11H,2,5-6,12H2,1H3,(H,24,25,26);1-3H3;1-2,4H2,(H3,5,6,7);1-2H3. The van der Waals surface area contributed by atoms with Crippen molar-refractivity contribution < 1.29 is 27.4 Å². The summed E-state index contributed by atoms with van der Waals surface area (Å²) in [4.78, 5) is 18.4. The van der Waals surface area contributed by atoms with E-state index in [0.29, 0.717) is 55.8 Å². The van der Waals surface area contributed by atoms with E-state index >= 15 is 0 Å². The summed E-state index contributed by atoms with van der Waals surface area (Å²) in [5.74, 6) is 1.57. The highest BCUT2D eigenvalue weighted by Crippen LogP contribution is 2.34. The van der Waals surface area contributed by atoms with Crippen LogP contribution in [0.5, 0.6) is 11.6 Å². The minimum absolute atomic E-state index is 0.270. The first-order chi connectivity index (χ1) is 20.4. The predicted molar refractivity (Wildman–Crippen MR) is 169 cm³/mol. The predicted octanol–water partition coefficient (Wildman–Crippen LogP) is 6.58. The average Bonchev–Trinajstić information content (AvgIpc) is 2.93. The maximum absolute atomic E-state index is 14.6. The Labute approximate surface area is 256 Å². The van der Waals surface area contributed by atoms with E-state index in [-0.39, 0.29) is 11.3 Å². The van der Waals surface area contributed by atoms with Crippen molar-refractivity contribution >= 4 is 29.4 Å². The molecule has 0 saturated heterocycles. The van der Waals surface area contributed by atoms with E-state index < -0.39 is 23.3 Å². The zero-order valence-corrected chi connectivity index (χ0v) is 26.4. The van der Waals surface area contributed by atoms with Crippen LogP contribution in [0.15, 0.2) is 42.6 Å². The molecule has 4 bridgehead atoms. The van der Waals surface area contributed by atoms with Crippen LogP contribution in [0.25, 0.3) is 11.1 Å². The number of carbonyl (C=O) groups excluding carboxylic acids is 1. The maximum atomic E-state index is 14.6. The fourth-order valence-electron chi connectivity index (χ4n) is 3.24. The number of aromatic nitrogens is 2. The van der Waals surface area contributed by atoms with Crippen molar-refractivity contribution in [3.8, 4) is 22.8 Å². The molecule has 2 aromatic heterocycles. The number of hydrogen-bond donors (Lipinski definition) is 4. The number of benzene rings is 1. The van der Waals surface area contributed by atoms with Crippen LogP contribution in [-0.4, -0.2) is 54.2 Å². The van der Waals surface area contributed by atoms with Crippen molar-refractivity contribution in [2.24, 2.45) is 11.5 Å². The van der Waals surface area contributed by atoms with Gasteiger partial charge in [0.05, 0.1) is 19.4 Å². The number of fused-ring (bicyclic) bond motifs is 6. The van der Waals surface area contributed by atoms with Crippen LogP contribution in [0.3, 0.4) is 0 Å². The molecule has 6 N–H and O–H groups in total. The van der Waals surface area contributed by atoms with E-state index in [1.54, 1.807) is 17.8 Å². The van der Waals surface area contributed by atoms with Gasteiger partial charge >= 0.3 is 6.03 Å². The number of nitrogens with one attached hydrogen (secondary N) is 2. The molecule has 0 unspecified atom stereocenters. The monoisotopic (exact) mass is 624 g/mol. The molecule has 0 atom stereocenters. The maximum Gasteiger partial charge on any atom is 0.312 e. The van der Waals surface area contributed by atoms with Crippen LogP contribution < -0.4 is 31.6 Å². The van der Waals surface area contributed by atoms with Crippen LogP contribution in [0.2, 0.25) is 0 Å². The number of nitrogens with two attached hydrogens (primary N) is 2. The van der Waals surface area contributed by atoms with Gasteiger partial charge < -0.3 is 31.6 Å². The average molecular weight is 625 g/mol. The summed E-state index contributed by atoms with van der Waals surface area (Å²) in [6.07, 6.45) is 3.71. The first-order valence-electron chi connectivity index (χ1n) is 13.8. The largest absolute Gasteiger partial charge is 0.493 e. The van der Waals surface area contributed by atoms with Gasteiger partial charge in [-0.2, -0.15) is 16.7 Å². The van der Waals surface area contributed by atoms with Crippen molar-refractivity contribution in [1.29, 1.82) is 0 Å². The Morgan fingerprint density at radius 1 is 1.07 bits per heavy atom. The topological polar surface area (TPSA) is 137 Å². The molecule has 0 fully saturated rings. The molecule has 1 aromatic carbocycles. The molecule has 0 spiro atoms. The number of urea groups is 1. The lowest BCUT2D eigenvalue weighted by atomic mass is 10.0. The first kappa shape index (κ1) is 37.3. The van der Waals surface area contributed by atoms with Crippen molar-refractivity contribution in [1.82, 2.24) is 15.3 Å². The first-order valence-corrected chi connectivity index (χ1v) is 15.2. The number of amides is 2. The van der Waals surface area contributed by atoms with E-state index in [2.05, 4.69) is 26.3 Å². The van der Waals surface area contributed by atoms with Gasteiger partial charge in [0.25, 0.3) is 0 Å². The number of hydrogen-bond acceptors (Lipinski definition) is 8. The van der Waals surface area contributed by atoms with Crippen LogP contribution in [0, 0.1) is 11.6 Å². The third-order valence-electron chi connectivity index (χ3n) is 4.76. The molecule has 0 saturated carbocycles. The quantitative estimate of drug-likeness (QED) is 0.255. The van der Waals surface area contributed by atoms with Gasteiger partial charge in [-0.3, -0.25) is 0 Å². The Bertz CT molecular complexity index is 1270. The van der Waals surface area contributed by atoms with E-state index in [1.165, 1.54) is 39.0 Å². The van der Waals surface area contributed by atoms with E-state index in [1.807, 2.05) is 32.2 Å². The summed E-state index contributed by atoms with van der Waals surface area (Å²) in [5, 5.41) is 5.42. The van der Waals surface area contributed by atoms with Gasteiger partial charge in [0, 0.05) is 48.5 Å². The molecule has 9 nitrogen and oxygen atoms in total. The second kappa shape index (κ2) is 19.5. The molecule has 1 aliphatic heterocycles. The van der Waals surface area contributed by atoms with Gasteiger partial charge in [0.1, 0.15) is 34.7 Å². The molecule has 43 heavy (non-hydrogen) atoms. The Balaban J connectivity index is 0.000000555. The summed E-state index contributed by atoms with van der Waals surface area (Å²) >= 11 is 1.69. The third-order valence-corrected chi connectivity index (χ3v) is 5.38. The van der Waals surface area contributed by atoms with Gasteiger partial charge in [-0.1, -0.05) is 13.8 Å². The number of thioether (sulfide) groups is 1. The molecule has 4 rings (SSSR count). The molecule has 3 aromatic rings. The molecule has 2 amide bonds. The van der Waals surface area contributed by atoms with E-state index in [0.717, 1.165) is 17.5 Å². The summed E-state index contributed by atoms with van der Waals surface area (Å²) in [6.45, 7) is 10.1. The molecule has 0 radical (unpaired) electrons. The fourth-order valence-corrected chi connectivity index (χ4v) is 3.74. The van der Waals surface area contributed by atoms with E-state index in [4.69, 9.17) is 15.2 Å². The number of rotatable bonds is 4. The van der Waals surface area contributed by atoms with E-state index in [9.17, 15) is 18.0 Å². The lowest BCUT2D eigenvalue weighted by Crippen LogP contribution is -2.33. The summed E-state index contributed by atoms with van der Waals surface area (Å²) < 4.78 is 51.5. The Kier molecular flexibility index (Phi) is 16.9. The summed E-state index contributed by atoms with van der Waals surface area (Å²) in [5.41, 5.74) is 10.5. The van der Waals surface area contributed by atoms with Crippen LogP contribution in [0.1, 0.15) is 46.6 Å². The number of nitrogens with zero attached hydrogens (tertiary/aromatic N) is 2. The second-order valence-electron chi connectivity index (χ2n) is 9.64. The molecule has 13 heteroatoms. The minimum atomic E-state index is -1.00. The van der Waals surface area contributed by atoms with Gasteiger partial charge in [0.15, 0.2) is 0 Å². The van der Waals surface area contributed by atoms with Crippen molar-refractivity contribution in [2.45, 2.75) is 52.5 Å². The van der Waals surface area contributed by atoms with Crippen LogP contribution in [0.4, 0.5) is 29.6 Å². The highest BCUT2D eigenvalue weighted by molar-refractivity contribution is 7.97. The Hall–Kier alpha value is -3.71. The number of alkyl halides is 1. The third kappa shape index (κ3) is 15.4. The number of primary amides is 1. The number of pyridine rings is 2. The SMILES string of the molecule is CC.CC(C)(C)F.CSCc1cc2nc(c1)OCCCOc1cc(F)ccc1-c1cc(ncc1F)N2.NCCNC(N)=O. The van der Waals surface area contributed by atoms with Gasteiger partial charge in [0.2, 0.25) is 5.88 Å². The number of anilines is 2. The Morgan fingerprint density at radius 2 is 1.74 bits per heavy atom. The molecular weight excluding hydrogens is 581 g/mol. The number of ether oxygens (including phenoxy) is 2. The smallest absolute Gasteiger partial charge is 0.312 e. The highest BCUT2D eigenvalue weighted by Gasteiger charge is 2.15. The molecule has 3 heterocycles. The zero-order valence-electron chi connectivity index (χ0n) is 25.6. The fraction of sp³-hybridized carbons (Fsp3) is 0.433. The van der Waals surface area contributed by atoms with Crippen molar-refractivity contribution in [3.05, 3.63) is 59.8 Å². The lowest BCUT2D eigenvalue weighted by molar-refractivity contribution is 0.242. The van der Waals surface area contributed by atoms with Crippen LogP contribution >= 0.6 is 11.8 Å². The van der Waals surface area contributed by atoms with Gasteiger partial charge in [-0.05, 0) is 56.9 Å². The number of carbonyl (C=O) groups is 1. The minimum Gasteiger partial charge on any atom is -0.493 e. The Morgan fingerprint density at radius 3 is 2.35 bits per heavy atom.